The van der Waals surface area contributed by atoms with Gasteiger partial charge in [-0.3, -0.25) is 4.79 Å². The zero-order valence-corrected chi connectivity index (χ0v) is 18.1. The van der Waals surface area contributed by atoms with Gasteiger partial charge in [0.1, 0.15) is 16.4 Å². The minimum absolute atomic E-state index is 0.202. The largest absolute Gasteiger partial charge is 0.379 e. The van der Waals surface area contributed by atoms with Gasteiger partial charge in [-0.15, -0.1) is 11.3 Å². The maximum absolute atomic E-state index is 12.4. The summed E-state index contributed by atoms with van der Waals surface area (Å²) in [5.41, 5.74) is 1.06. The van der Waals surface area contributed by atoms with Crippen LogP contribution < -0.4 is 21.5 Å². The number of fused-ring (bicyclic) bond motifs is 1. The van der Waals surface area contributed by atoms with Crippen molar-refractivity contribution in [2.24, 2.45) is 0 Å². The Morgan fingerprint density at radius 1 is 1.20 bits per heavy atom. The standard InChI is InChI=1S/C16H16ClN5OS.C4H9NO/c17-10-4-1-5-11-13(10)24-16(22-11)12-14(19-8-20-15(12)23)21-9-3-2-6-18-7-9;1-3-6-4-2-5-1/h1,4-5,8-9,18H,2-3,6-7H2,(H2,19,20,21,23);5H,1-4H2. The van der Waals surface area contributed by atoms with Crippen molar-refractivity contribution in [3.05, 3.63) is 39.9 Å². The Kier molecular flexibility index (Phi) is 7.29. The lowest BCUT2D eigenvalue weighted by Gasteiger charge is -2.24. The third kappa shape index (κ3) is 5.16. The van der Waals surface area contributed by atoms with Crippen LogP contribution in [-0.2, 0) is 4.74 Å². The molecule has 8 nitrogen and oxygen atoms in total. The normalized spacial score (nSPS) is 19.2. The van der Waals surface area contributed by atoms with Gasteiger partial charge in [0.25, 0.3) is 5.56 Å². The summed E-state index contributed by atoms with van der Waals surface area (Å²) in [5.74, 6) is 0.572. The van der Waals surface area contributed by atoms with E-state index in [4.69, 9.17) is 16.3 Å². The summed E-state index contributed by atoms with van der Waals surface area (Å²) in [7, 11) is 0. The molecule has 5 rings (SSSR count). The molecule has 2 aromatic heterocycles. The third-order valence-electron chi connectivity index (χ3n) is 4.92. The number of halogens is 1. The summed E-state index contributed by atoms with van der Waals surface area (Å²) >= 11 is 7.65. The minimum Gasteiger partial charge on any atom is -0.379 e. The van der Waals surface area contributed by atoms with E-state index in [2.05, 4.69) is 30.9 Å². The lowest BCUT2D eigenvalue weighted by molar-refractivity contribution is 0.109. The van der Waals surface area contributed by atoms with E-state index in [1.54, 1.807) is 0 Å². The van der Waals surface area contributed by atoms with E-state index in [0.717, 1.165) is 62.5 Å². The topological polar surface area (TPSA) is 104 Å². The number of hydrogen-bond acceptors (Lipinski definition) is 8. The van der Waals surface area contributed by atoms with Crippen LogP contribution in [0.25, 0.3) is 20.8 Å². The molecule has 0 amide bonds. The molecule has 0 aliphatic carbocycles. The minimum atomic E-state index is -0.202. The van der Waals surface area contributed by atoms with Gasteiger partial charge in [-0.1, -0.05) is 17.7 Å². The smallest absolute Gasteiger partial charge is 0.263 e. The number of nitrogens with one attached hydrogen (secondary N) is 4. The molecule has 4 heterocycles. The highest BCUT2D eigenvalue weighted by atomic mass is 35.5. The van der Waals surface area contributed by atoms with Crippen LogP contribution in [0.4, 0.5) is 5.82 Å². The molecule has 0 saturated carbocycles. The van der Waals surface area contributed by atoms with Crippen molar-refractivity contribution in [2.75, 3.05) is 44.7 Å². The van der Waals surface area contributed by atoms with Crippen LogP contribution in [0.2, 0.25) is 5.02 Å². The molecule has 2 aliphatic heterocycles. The van der Waals surface area contributed by atoms with Crippen LogP contribution in [0.5, 0.6) is 0 Å². The number of morpholine rings is 1. The number of H-pyrrole nitrogens is 1. The Morgan fingerprint density at radius 2 is 2.07 bits per heavy atom. The lowest BCUT2D eigenvalue weighted by atomic mass is 10.1. The second-order valence-electron chi connectivity index (χ2n) is 7.11. The zero-order chi connectivity index (χ0) is 20.8. The number of hydrogen-bond donors (Lipinski definition) is 4. The molecule has 160 valence electrons. The highest BCUT2D eigenvalue weighted by molar-refractivity contribution is 7.22. The number of anilines is 1. The summed E-state index contributed by atoms with van der Waals surface area (Å²) < 4.78 is 5.88. The van der Waals surface area contributed by atoms with Gasteiger partial charge in [-0.2, -0.15) is 0 Å². The molecule has 3 aromatic rings. The molecule has 2 aliphatic rings. The van der Waals surface area contributed by atoms with Crippen LogP contribution in [0.15, 0.2) is 29.3 Å². The van der Waals surface area contributed by atoms with Crippen LogP contribution in [0, 0.1) is 0 Å². The molecule has 1 atom stereocenters. The number of benzene rings is 1. The monoisotopic (exact) mass is 448 g/mol. The van der Waals surface area contributed by atoms with Crippen molar-refractivity contribution >= 4 is 39.0 Å². The van der Waals surface area contributed by atoms with Gasteiger partial charge >= 0.3 is 0 Å². The molecule has 2 saturated heterocycles. The molecule has 4 N–H and O–H groups in total. The Bertz CT molecular complexity index is 1020. The summed E-state index contributed by atoms with van der Waals surface area (Å²) in [5, 5.41) is 11.2. The number of ether oxygens (including phenoxy) is 1. The van der Waals surface area contributed by atoms with Crippen molar-refractivity contribution in [1.29, 1.82) is 0 Å². The first-order chi connectivity index (χ1) is 14.7. The number of thiazole rings is 1. The van der Waals surface area contributed by atoms with Gasteiger partial charge < -0.3 is 25.7 Å². The maximum atomic E-state index is 12.4. The average molecular weight is 449 g/mol. The predicted octanol–water partition coefficient (Wildman–Crippen LogP) is 2.47. The molecular weight excluding hydrogens is 424 g/mol. The first kappa shape index (κ1) is 21.2. The molecule has 1 aromatic carbocycles. The average Bonchev–Trinajstić information content (AvgIpc) is 3.21. The van der Waals surface area contributed by atoms with Crippen molar-refractivity contribution in [2.45, 2.75) is 18.9 Å². The van der Waals surface area contributed by atoms with E-state index in [1.807, 2.05) is 18.2 Å². The molecule has 0 bridgehead atoms. The number of nitrogens with zero attached hydrogens (tertiary/aromatic N) is 2. The highest BCUT2D eigenvalue weighted by Crippen LogP contribution is 2.35. The molecular formula is C20H25ClN6O2S. The van der Waals surface area contributed by atoms with Crippen LogP contribution in [0.3, 0.4) is 0 Å². The fourth-order valence-corrected chi connectivity index (χ4v) is 4.71. The Labute approximate surface area is 183 Å². The second-order valence-corrected chi connectivity index (χ2v) is 8.52. The van der Waals surface area contributed by atoms with E-state index >= 15 is 0 Å². The predicted molar refractivity (Wildman–Crippen MR) is 122 cm³/mol. The van der Waals surface area contributed by atoms with Gasteiger partial charge in [0.2, 0.25) is 0 Å². The van der Waals surface area contributed by atoms with E-state index in [9.17, 15) is 4.79 Å². The molecule has 30 heavy (non-hydrogen) atoms. The van der Waals surface area contributed by atoms with E-state index < -0.39 is 0 Å². The fourth-order valence-electron chi connectivity index (χ4n) is 3.41. The molecule has 2 fully saturated rings. The first-order valence-electron chi connectivity index (χ1n) is 10.1. The van der Waals surface area contributed by atoms with E-state index in [1.165, 1.54) is 17.7 Å². The molecule has 10 heteroatoms. The van der Waals surface area contributed by atoms with Gasteiger partial charge in [0, 0.05) is 25.7 Å². The Balaban J connectivity index is 0.000000313. The molecule has 1 unspecified atom stereocenters. The van der Waals surface area contributed by atoms with E-state index in [0.29, 0.717) is 21.4 Å². The van der Waals surface area contributed by atoms with Crippen molar-refractivity contribution in [3.8, 4) is 10.6 Å². The lowest BCUT2D eigenvalue weighted by Crippen LogP contribution is -2.39. The van der Waals surface area contributed by atoms with Crippen LogP contribution >= 0.6 is 22.9 Å². The number of rotatable bonds is 3. The van der Waals surface area contributed by atoms with Gasteiger partial charge in [0.05, 0.1) is 34.8 Å². The van der Waals surface area contributed by atoms with Crippen LogP contribution in [-0.4, -0.2) is 60.4 Å². The number of aromatic amines is 1. The summed E-state index contributed by atoms with van der Waals surface area (Å²) in [6.45, 7) is 5.73. The second kappa shape index (κ2) is 10.3. The molecule has 0 spiro atoms. The quantitative estimate of drug-likeness (QED) is 0.488. The van der Waals surface area contributed by atoms with Gasteiger partial charge in [-0.25, -0.2) is 9.97 Å². The summed E-state index contributed by atoms with van der Waals surface area (Å²) in [4.78, 5) is 24.0. The van der Waals surface area contributed by atoms with Gasteiger partial charge in [0.15, 0.2) is 0 Å². The Hall–Kier alpha value is -2.04. The first-order valence-corrected chi connectivity index (χ1v) is 11.3. The molecule has 0 radical (unpaired) electrons. The number of aromatic nitrogens is 3. The van der Waals surface area contributed by atoms with Gasteiger partial charge in [-0.05, 0) is 31.5 Å². The summed E-state index contributed by atoms with van der Waals surface area (Å²) in [6.07, 6.45) is 3.57. The van der Waals surface area contributed by atoms with Crippen LogP contribution in [0.1, 0.15) is 12.8 Å². The maximum Gasteiger partial charge on any atom is 0.263 e. The van der Waals surface area contributed by atoms with Crippen molar-refractivity contribution in [1.82, 2.24) is 25.6 Å². The zero-order valence-electron chi connectivity index (χ0n) is 16.5. The van der Waals surface area contributed by atoms with Crippen molar-refractivity contribution < 1.29 is 4.74 Å². The SMILES string of the molecule is C1COCCN1.O=c1[nH]cnc(NC2CCCNC2)c1-c1nc2cccc(Cl)c2s1. The Morgan fingerprint density at radius 3 is 2.73 bits per heavy atom. The third-order valence-corrected chi connectivity index (χ3v) is 6.47. The fraction of sp³-hybridized carbons (Fsp3) is 0.450. The highest BCUT2D eigenvalue weighted by Gasteiger charge is 2.20. The number of piperidine rings is 1. The van der Waals surface area contributed by atoms with E-state index in [-0.39, 0.29) is 11.6 Å². The van der Waals surface area contributed by atoms with Crippen molar-refractivity contribution in [3.63, 3.8) is 0 Å². The summed E-state index contributed by atoms with van der Waals surface area (Å²) in [6, 6.07) is 5.83.